The van der Waals surface area contributed by atoms with Crippen LogP contribution in [0.4, 0.5) is 0 Å². The van der Waals surface area contributed by atoms with Crippen LogP contribution in [0.3, 0.4) is 0 Å². The summed E-state index contributed by atoms with van der Waals surface area (Å²) in [6, 6.07) is 2.25. The van der Waals surface area contributed by atoms with Gasteiger partial charge in [-0.25, -0.2) is 0 Å². The van der Waals surface area contributed by atoms with Crippen LogP contribution in [0.15, 0.2) is 0 Å². The number of nitriles is 1. The molecule has 0 aromatic rings. The summed E-state index contributed by atoms with van der Waals surface area (Å²) in [5, 5.41) is 12.2. The Labute approximate surface area is 106 Å². The van der Waals surface area contributed by atoms with E-state index >= 15 is 0 Å². The quantitative estimate of drug-likeness (QED) is 0.741. The molecule has 0 spiro atoms. The van der Waals surface area contributed by atoms with Crippen molar-refractivity contribution in [1.29, 1.82) is 5.26 Å². The normalized spacial score (nSPS) is 26.4. The van der Waals surface area contributed by atoms with E-state index in [1.807, 2.05) is 0 Å². The first kappa shape index (κ1) is 14.5. The molecule has 1 fully saturated rings. The molecule has 1 saturated carbocycles. The van der Waals surface area contributed by atoms with E-state index in [-0.39, 0.29) is 6.04 Å². The second-order valence-corrected chi connectivity index (χ2v) is 5.10. The third-order valence-corrected chi connectivity index (χ3v) is 3.57. The van der Waals surface area contributed by atoms with Crippen LogP contribution in [0.2, 0.25) is 0 Å². The van der Waals surface area contributed by atoms with E-state index in [2.05, 4.69) is 25.2 Å². The zero-order valence-corrected chi connectivity index (χ0v) is 11.2. The van der Waals surface area contributed by atoms with E-state index in [9.17, 15) is 0 Å². The van der Waals surface area contributed by atoms with Crippen molar-refractivity contribution in [2.75, 3.05) is 13.2 Å². The Kier molecular flexibility index (Phi) is 7.23. The van der Waals surface area contributed by atoms with Gasteiger partial charge >= 0.3 is 0 Å². The molecule has 1 aliphatic rings. The molecular weight excluding hydrogens is 212 g/mol. The van der Waals surface area contributed by atoms with E-state index in [1.165, 1.54) is 25.7 Å². The molecule has 98 valence electrons. The van der Waals surface area contributed by atoms with Crippen molar-refractivity contribution in [3.05, 3.63) is 0 Å². The lowest BCUT2D eigenvalue weighted by atomic mass is 9.88. The monoisotopic (exact) mass is 238 g/mol. The van der Waals surface area contributed by atoms with Gasteiger partial charge in [0.15, 0.2) is 0 Å². The van der Waals surface area contributed by atoms with Gasteiger partial charge in [-0.15, -0.1) is 0 Å². The predicted octanol–water partition coefficient (Wildman–Crippen LogP) is 2.86. The minimum atomic E-state index is -0.0474. The van der Waals surface area contributed by atoms with Crippen LogP contribution in [-0.4, -0.2) is 25.3 Å². The number of nitrogens with zero attached hydrogens (tertiary/aromatic N) is 1. The van der Waals surface area contributed by atoms with Gasteiger partial charge in [0.2, 0.25) is 0 Å². The fourth-order valence-electron chi connectivity index (χ4n) is 2.40. The smallest absolute Gasteiger partial charge is 0.0975 e. The van der Waals surface area contributed by atoms with Crippen LogP contribution in [0.1, 0.15) is 52.4 Å². The molecule has 3 heteroatoms. The Bertz CT molecular complexity index is 237. The first-order valence-corrected chi connectivity index (χ1v) is 7.02. The van der Waals surface area contributed by atoms with Crippen LogP contribution in [0.25, 0.3) is 0 Å². The summed E-state index contributed by atoms with van der Waals surface area (Å²) < 4.78 is 5.92. The lowest BCUT2D eigenvalue weighted by Crippen LogP contribution is -2.31. The highest BCUT2D eigenvalue weighted by atomic mass is 16.5. The fraction of sp³-hybridized carbons (Fsp3) is 0.929. The average molecular weight is 238 g/mol. The third-order valence-electron chi connectivity index (χ3n) is 3.57. The highest BCUT2D eigenvalue weighted by molar-refractivity contribution is 4.89. The second kappa shape index (κ2) is 8.49. The van der Waals surface area contributed by atoms with Crippen LogP contribution in [0, 0.1) is 17.2 Å². The van der Waals surface area contributed by atoms with Gasteiger partial charge in [0, 0.05) is 6.61 Å². The molecule has 0 aromatic carbocycles. The molecule has 1 N–H and O–H groups in total. The Morgan fingerprint density at radius 1 is 1.41 bits per heavy atom. The Morgan fingerprint density at radius 2 is 2.18 bits per heavy atom. The fourth-order valence-corrected chi connectivity index (χ4v) is 2.40. The standard InChI is InChI=1S/C14H26N2O/c1-3-9-16-13(11-15)8-10-17-14-7-5-4-6-12(14)2/h12-14,16H,3-10H2,1-2H3. The zero-order valence-electron chi connectivity index (χ0n) is 11.2. The number of hydrogen-bond acceptors (Lipinski definition) is 3. The summed E-state index contributed by atoms with van der Waals surface area (Å²) in [6.45, 7) is 6.02. The molecule has 0 radical (unpaired) electrons. The van der Waals surface area contributed by atoms with Crippen LogP contribution in [0.5, 0.6) is 0 Å². The molecule has 0 bridgehead atoms. The maximum Gasteiger partial charge on any atom is 0.0975 e. The van der Waals surface area contributed by atoms with Crippen molar-refractivity contribution in [2.45, 2.75) is 64.5 Å². The third kappa shape index (κ3) is 5.52. The van der Waals surface area contributed by atoms with Crippen LogP contribution < -0.4 is 5.32 Å². The number of rotatable bonds is 7. The van der Waals surface area contributed by atoms with E-state index in [4.69, 9.17) is 10.00 Å². The van der Waals surface area contributed by atoms with Crippen molar-refractivity contribution >= 4 is 0 Å². The summed E-state index contributed by atoms with van der Waals surface area (Å²) in [6.07, 6.45) is 7.43. The van der Waals surface area contributed by atoms with Gasteiger partial charge in [-0.2, -0.15) is 5.26 Å². The molecular formula is C14H26N2O. The maximum absolute atomic E-state index is 8.97. The van der Waals surface area contributed by atoms with E-state index in [0.717, 1.165) is 19.4 Å². The second-order valence-electron chi connectivity index (χ2n) is 5.10. The lowest BCUT2D eigenvalue weighted by Gasteiger charge is -2.29. The van der Waals surface area contributed by atoms with Gasteiger partial charge in [0.05, 0.1) is 18.2 Å². The summed E-state index contributed by atoms with van der Waals surface area (Å²) in [4.78, 5) is 0. The van der Waals surface area contributed by atoms with E-state index < -0.39 is 0 Å². The molecule has 0 amide bonds. The number of hydrogen-bond donors (Lipinski definition) is 1. The van der Waals surface area contributed by atoms with Crippen molar-refractivity contribution < 1.29 is 4.74 Å². The summed E-state index contributed by atoms with van der Waals surface area (Å²) >= 11 is 0. The molecule has 0 saturated heterocycles. The van der Waals surface area contributed by atoms with Gasteiger partial charge in [-0.05, 0) is 38.1 Å². The molecule has 3 atom stereocenters. The van der Waals surface area contributed by atoms with Gasteiger partial charge in [0.25, 0.3) is 0 Å². The first-order valence-electron chi connectivity index (χ1n) is 7.02. The highest BCUT2D eigenvalue weighted by Crippen LogP contribution is 2.26. The van der Waals surface area contributed by atoms with Crippen molar-refractivity contribution in [3.63, 3.8) is 0 Å². The summed E-state index contributed by atoms with van der Waals surface area (Å²) in [7, 11) is 0. The molecule has 1 aliphatic carbocycles. The Balaban J connectivity index is 2.14. The largest absolute Gasteiger partial charge is 0.378 e. The Hall–Kier alpha value is -0.590. The van der Waals surface area contributed by atoms with Gasteiger partial charge in [-0.3, -0.25) is 0 Å². The van der Waals surface area contributed by atoms with Crippen molar-refractivity contribution in [2.24, 2.45) is 5.92 Å². The predicted molar refractivity (Wildman–Crippen MR) is 69.7 cm³/mol. The minimum Gasteiger partial charge on any atom is -0.378 e. The molecule has 17 heavy (non-hydrogen) atoms. The molecule has 3 nitrogen and oxygen atoms in total. The highest BCUT2D eigenvalue weighted by Gasteiger charge is 2.21. The molecule has 3 unspecified atom stereocenters. The maximum atomic E-state index is 8.97. The van der Waals surface area contributed by atoms with Crippen LogP contribution >= 0.6 is 0 Å². The van der Waals surface area contributed by atoms with Gasteiger partial charge < -0.3 is 10.1 Å². The zero-order chi connectivity index (χ0) is 12.5. The molecule has 0 heterocycles. The number of ether oxygens (including phenoxy) is 1. The average Bonchev–Trinajstić information content (AvgIpc) is 2.35. The van der Waals surface area contributed by atoms with E-state index in [0.29, 0.717) is 18.6 Å². The molecule has 0 aromatic heterocycles. The van der Waals surface area contributed by atoms with Gasteiger partial charge in [0.1, 0.15) is 0 Å². The number of nitrogens with one attached hydrogen (secondary N) is 1. The SMILES string of the molecule is CCCNC(C#N)CCOC1CCCCC1C. The summed E-state index contributed by atoms with van der Waals surface area (Å²) in [5.74, 6) is 0.688. The Morgan fingerprint density at radius 3 is 2.82 bits per heavy atom. The topological polar surface area (TPSA) is 45.0 Å². The van der Waals surface area contributed by atoms with Crippen molar-refractivity contribution in [1.82, 2.24) is 5.32 Å². The van der Waals surface area contributed by atoms with Crippen molar-refractivity contribution in [3.8, 4) is 6.07 Å². The first-order chi connectivity index (χ1) is 8.27. The summed E-state index contributed by atoms with van der Waals surface area (Å²) in [5.41, 5.74) is 0. The molecule has 1 rings (SSSR count). The lowest BCUT2D eigenvalue weighted by molar-refractivity contribution is -0.00726. The van der Waals surface area contributed by atoms with Crippen LogP contribution in [-0.2, 0) is 4.74 Å². The minimum absolute atomic E-state index is 0.0474. The van der Waals surface area contributed by atoms with Gasteiger partial charge in [-0.1, -0.05) is 26.7 Å². The molecule has 0 aliphatic heterocycles. The van der Waals surface area contributed by atoms with E-state index in [1.54, 1.807) is 0 Å².